The van der Waals surface area contributed by atoms with Crippen LogP contribution in [0.15, 0.2) is 66.9 Å². The fourth-order valence-electron chi connectivity index (χ4n) is 4.48. The first-order valence-corrected chi connectivity index (χ1v) is 12.0. The summed E-state index contributed by atoms with van der Waals surface area (Å²) < 4.78 is 8.19. The summed E-state index contributed by atoms with van der Waals surface area (Å²) in [5, 5.41) is 3.99. The number of ether oxygens (including phenoxy) is 1. The normalized spacial score (nSPS) is 13.9. The summed E-state index contributed by atoms with van der Waals surface area (Å²) >= 11 is 6.13. The number of piperazine rings is 1. The molecule has 1 aliphatic rings. The summed E-state index contributed by atoms with van der Waals surface area (Å²) in [4.78, 5) is 20.2. The number of carbonyl (C=O) groups is 1. The van der Waals surface area contributed by atoms with E-state index >= 15 is 0 Å². The molecule has 0 unspecified atom stereocenters. The second kappa shape index (κ2) is 9.87. The summed E-state index contributed by atoms with van der Waals surface area (Å²) in [5.41, 5.74) is 5.36. The summed E-state index contributed by atoms with van der Waals surface area (Å²) in [5.74, 6) is 0.671. The minimum atomic E-state index is 0.0165. The molecule has 6 nitrogen and oxygen atoms in total. The molecular formula is C27H27ClN4O2. The first-order valence-electron chi connectivity index (χ1n) is 11.6. The lowest BCUT2D eigenvalue weighted by molar-refractivity contribution is 0.0731. The van der Waals surface area contributed by atoms with E-state index in [1.54, 1.807) is 0 Å². The highest BCUT2D eigenvalue weighted by atomic mass is 35.5. The topological polar surface area (TPSA) is 58.9 Å². The Bertz CT molecular complexity index is 1310. The van der Waals surface area contributed by atoms with Crippen LogP contribution in [0.1, 0.15) is 28.5 Å². The summed E-state index contributed by atoms with van der Waals surface area (Å²) in [6.07, 6.45) is 2.59. The quantitative estimate of drug-likeness (QED) is 0.440. The van der Waals surface area contributed by atoms with Crippen LogP contribution in [0.3, 0.4) is 0 Å². The Morgan fingerprint density at radius 2 is 1.85 bits per heavy atom. The van der Waals surface area contributed by atoms with Crippen LogP contribution in [-0.4, -0.2) is 53.0 Å². The van der Waals surface area contributed by atoms with Crippen LogP contribution < -0.4 is 10.1 Å². The number of carbonyl (C=O) groups excluding carboxylic acids is 1. The van der Waals surface area contributed by atoms with Crippen LogP contribution in [0, 0.1) is 0 Å². The van der Waals surface area contributed by atoms with E-state index in [0.29, 0.717) is 42.5 Å². The number of aromatic nitrogens is 2. The van der Waals surface area contributed by atoms with Crippen molar-refractivity contribution in [2.24, 2.45) is 0 Å². The Morgan fingerprint density at radius 1 is 1.06 bits per heavy atom. The van der Waals surface area contributed by atoms with Crippen molar-refractivity contribution in [2.75, 3.05) is 32.8 Å². The molecule has 1 amide bonds. The molecule has 5 rings (SSSR count). The van der Waals surface area contributed by atoms with Crippen LogP contribution >= 0.6 is 11.6 Å². The average Bonchev–Trinajstić information content (AvgIpc) is 3.24. The van der Waals surface area contributed by atoms with Crippen molar-refractivity contribution in [3.05, 3.63) is 88.7 Å². The summed E-state index contributed by atoms with van der Waals surface area (Å²) in [6.45, 7) is 5.44. The number of hydrogen-bond donors (Lipinski definition) is 1. The molecule has 0 bridgehead atoms. The fraction of sp³-hybridized carbons (Fsp3) is 0.259. The second-order valence-electron chi connectivity index (χ2n) is 8.29. The Kier molecular flexibility index (Phi) is 6.52. The van der Waals surface area contributed by atoms with Gasteiger partial charge in [0.15, 0.2) is 0 Å². The largest absolute Gasteiger partial charge is 0.493 e. The molecule has 7 heteroatoms. The van der Waals surface area contributed by atoms with E-state index in [2.05, 4.69) is 9.72 Å². The molecule has 4 aromatic rings. The molecule has 0 saturated carbocycles. The molecule has 0 atom stereocenters. The number of hydrogen-bond acceptors (Lipinski definition) is 4. The lowest BCUT2D eigenvalue weighted by Crippen LogP contribution is -2.46. The van der Waals surface area contributed by atoms with Gasteiger partial charge in [-0.15, -0.1) is 0 Å². The minimum absolute atomic E-state index is 0.0165. The number of pyridine rings is 1. The van der Waals surface area contributed by atoms with Gasteiger partial charge in [0.1, 0.15) is 11.4 Å². The zero-order valence-electron chi connectivity index (χ0n) is 19.1. The highest BCUT2D eigenvalue weighted by molar-refractivity contribution is 6.30. The molecule has 2 aromatic carbocycles. The first-order chi connectivity index (χ1) is 16.7. The van der Waals surface area contributed by atoms with Crippen LogP contribution in [0.2, 0.25) is 5.02 Å². The Hall–Kier alpha value is -3.35. The van der Waals surface area contributed by atoms with Gasteiger partial charge < -0.3 is 19.4 Å². The van der Waals surface area contributed by atoms with E-state index in [1.165, 1.54) is 0 Å². The average molecular weight is 475 g/mol. The third-order valence-corrected chi connectivity index (χ3v) is 6.38. The van der Waals surface area contributed by atoms with Gasteiger partial charge in [-0.05, 0) is 37.3 Å². The number of fused-ring (bicyclic) bond motifs is 1. The van der Waals surface area contributed by atoms with E-state index in [-0.39, 0.29) is 5.91 Å². The highest BCUT2D eigenvalue weighted by Crippen LogP contribution is 2.32. The van der Waals surface area contributed by atoms with E-state index < -0.39 is 0 Å². The molecule has 0 radical (unpaired) electrons. The van der Waals surface area contributed by atoms with Crippen molar-refractivity contribution in [1.29, 1.82) is 0 Å². The van der Waals surface area contributed by atoms with Gasteiger partial charge in [0.05, 0.1) is 23.6 Å². The molecule has 2 aromatic heterocycles. The SMILES string of the molecule is CCOc1c(Cc2c(-c3ccc(Cl)cc3)nc3ccccn23)cccc1C(=O)N1CCNCC1. The minimum Gasteiger partial charge on any atom is -0.493 e. The molecule has 0 aliphatic carbocycles. The molecular weight excluding hydrogens is 448 g/mol. The van der Waals surface area contributed by atoms with Crippen LogP contribution in [0.4, 0.5) is 0 Å². The molecule has 3 heterocycles. The monoisotopic (exact) mass is 474 g/mol. The van der Waals surface area contributed by atoms with Gasteiger partial charge in [-0.1, -0.05) is 41.9 Å². The van der Waals surface area contributed by atoms with Crippen LogP contribution in [-0.2, 0) is 6.42 Å². The molecule has 1 saturated heterocycles. The third-order valence-electron chi connectivity index (χ3n) is 6.12. The van der Waals surface area contributed by atoms with Crippen molar-refractivity contribution in [2.45, 2.75) is 13.3 Å². The number of halogens is 1. The Balaban J connectivity index is 1.59. The molecule has 1 aliphatic heterocycles. The lowest BCUT2D eigenvalue weighted by Gasteiger charge is -2.28. The van der Waals surface area contributed by atoms with Crippen molar-refractivity contribution in [1.82, 2.24) is 19.6 Å². The number of amides is 1. The van der Waals surface area contributed by atoms with Crippen molar-refractivity contribution in [3.63, 3.8) is 0 Å². The number of nitrogens with zero attached hydrogens (tertiary/aromatic N) is 3. The van der Waals surface area contributed by atoms with Gasteiger partial charge in [0.25, 0.3) is 5.91 Å². The Labute approximate surface area is 204 Å². The van der Waals surface area contributed by atoms with E-state index in [9.17, 15) is 4.79 Å². The number of benzene rings is 2. The van der Waals surface area contributed by atoms with E-state index in [0.717, 1.165) is 41.3 Å². The smallest absolute Gasteiger partial charge is 0.257 e. The number of rotatable bonds is 6. The zero-order chi connectivity index (χ0) is 23.5. The molecule has 34 heavy (non-hydrogen) atoms. The molecule has 1 fully saturated rings. The van der Waals surface area contributed by atoms with Crippen LogP contribution in [0.5, 0.6) is 5.75 Å². The number of para-hydroxylation sites is 1. The standard InChI is InChI=1S/C27H27ClN4O2/c1-2-34-26-20(6-5-7-22(26)27(33)31-16-13-29-14-17-31)18-23-25(19-9-11-21(28)12-10-19)30-24-8-3-4-15-32(23)24/h3-12,15,29H,2,13-14,16-18H2,1H3. The van der Waals surface area contributed by atoms with Crippen molar-refractivity contribution in [3.8, 4) is 17.0 Å². The van der Waals surface area contributed by atoms with Gasteiger partial charge in [-0.2, -0.15) is 0 Å². The fourth-order valence-corrected chi connectivity index (χ4v) is 4.61. The molecule has 0 spiro atoms. The number of nitrogens with one attached hydrogen (secondary N) is 1. The molecule has 174 valence electrons. The summed E-state index contributed by atoms with van der Waals surface area (Å²) in [6, 6.07) is 19.6. The van der Waals surface area contributed by atoms with Crippen molar-refractivity contribution >= 4 is 23.2 Å². The zero-order valence-corrected chi connectivity index (χ0v) is 19.9. The van der Waals surface area contributed by atoms with Crippen molar-refractivity contribution < 1.29 is 9.53 Å². The van der Waals surface area contributed by atoms with E-state index in [1.807, 2.05) is 78.7 Å². The van der Waals surface area contributed by atoms with E-state index in [4.69, 9.17) is 21.3 Å². The highest BCUT2D eigenvalue weighted by Gasteiger charge is 2.24. The summed E-state index contributed by atoms with van der Waals surface area (Å²) in [7, 11) is 0. The van der Waals surface area contributed by atoms with Gasteiger partial charge in [-0.3, -0.25) is 4.79 Å². The number of imidazole rings is 1. The second-order valence-corrected chi connectivity index (χ2v) is 8.73. The van der Waals surface area contributed by atoms with Gasteiger partial charge in [0, 0.05) is 54.9 Å². The molecule has 1 N–H and O–H groups in total. The predicted molar refractivity (Wildman–Crippen MR) is 135 cm³/mol. The maximum absolute atomic E-state index is 13.4. The predicted octanol–water partition coefficient (Wildman–Crippen LogP) is 4.69. The van der Waals surface area contributed by atoms with Crippen LogP contribution in [0.25, 0.3) is 16.9 Å². The maximum atomic E-state index is 13.4. The third kappa shape index (κ3) is 4.39. The maximum Gasteiger partial charge on any atom is 0.257 e. The Morgan fingerprint density at radius 3 is 2.62 bits per heavy atom. The lowest BCUT2D eigenvalue weighted by atomic mass is 10.0. The first kappa shape index (κ1) is 22.4. The van der Waals surface area contributed by atoms with Gasteiger partial charge in [0.2, 0.25) is 0 Å². The van der Waals surface area contributed by atoms with Gasteiger partial charge >= 0.3 is 0 Å². The van der Waals surface area contributed by atoms with Gasteiger partial charge in [-0.25, -0.2) is 4.98 Å².